The fourth-order valence-corrected chi connectivity index (χ4v) is 3.10. The van der Waals surface area contributed by atoms with Crippen molar-refractivity contribution in [2.45, 2.75) is 26.7 Å². The highest BCUT2D eigenvalue weighted by Gasteiger charge is 2.05. The van der Waals surface area contributed by atoms with E-state index >= 15 is 0 Å². The van der Waals surface area contributed by atoms with E-state index in [2.05, 4.69) is 27.5 Å². The lowest BCUT2D eigenvalue weighted by molar-refractivity contribution is 0.606. The minimum Gasteiger partial charge on any atom is -0.356 e. The zero-order valence-electron chi connectivity index (χ0n) is 13.8. The van der Waals surface area contributed by atoms with Gasteiger partial charge in [0.25, 0.3) is 0 Å². The van der Waals surface area contributed by atoms with Crippen LogP contribution in [0.4, 0.5) is 4.39 Å². The van der Waals surface area contributed by atoms with Crippen LogP contribution in [0.1, 0.15) is 21.1 Å². The molecule has 0 bridgehead atoms. The maximum atomic E-state index is 13.5. The Bertz CT molecular complexity index is 647. The number of aliphatic imine (C=N–C) groups is 1. The van der Waals surface area contributed by atoms with Gasteiger partial charge in [-0.25, -0.2) is 9.37 Å². The maximum Gasteiger partial charge on any atom is 0.191 e. The first-order valence-corrected chi connectivity index (χ1v) is 8.52. The van der Waals surface area contributed by atoms with Crippen molar-refractivity contribution in [1.29, 1.82) is 0 Å². The SMILES string of the molecule is CN=C(NCCc1nc(C)c(C)s1)NCCc1ccccc1F. The number of thiazole rings is 1. The van der Waals surface area contributed by atoms with Crippen LogP contribution in [0.5, 0.6) is 0 Å². The van der Waals surface area contributed by atoms with Crippen molar-refractivity contribution in [2.24, 2.45) is 4.99 Å². The average molecular weight is 334 g/mol. The number of rotatable bonds is 6. The topological polar surface area (TPSA) is 49.3 Å². The van der Waals surface area contributed by atoms with E-state index in [-0.39, 0.29) is 5.82 Å². The van der Waals surface area contributed by atoms with Gasteiger partial charge < -0.3 is 10.6 Å². The standard InChI is InChI=1S/C17H23FN4S/c1-12-13(2)23-16(22-12)9-11-21-17(19-3)20-10-8-14-6-4-5-7-15(14)18/h4-7H,8-11H2,1-3H3,(H2,19,20,21). The molecule has 0 saturated heterocycles. The Morgan fingerprint density at radius 2 is 1.87 bits per heavy atom. The number of halogens is 1. The van der Waals surface area contributed by atoms with Gasteiger partial charge in [-0.3, -0.25) is 4.99 Å². The Labute approximate surface area is 140 Å². The molecule has 0 spiro atoms. The molecule has 4 nitrogen and oxygen atoms in total. The van der Waals surface area contributed by atoms with E-state index in [0.717, 1.165) is 29.6 Å². The molecule has 0 aliphatic heterocycles. The Morgan fingerprint density at radius 3 is 2.48 bits per heavy atom. The number of nitrogens with zero attached hydrogens (tertiary/aromatic N) is 2. The molecule has 2 aromatic rings. The van der Waals surface area contributed by atoms with Crippen LogP contribution in [0, 0.1) is 19.7 Å². The predicted octanol–water partition coefficient (Wildman–Crippen LogP) is 2.85. The number of benzene rings is 1. The molecule has 0 atom stereocenters. The van der Waals surface area contributed by atoms with Crippen molar-refractivity contribution < 1.29 is 4.39 Å². The molecule has 2 N–H and O–H groups in total. The molecular formula is C17H23FN4S. The van der Waals surface area contributed by atoms with Gasteiger partial charge >= 0.3 is 0 Å². The molecule has 1 heterocycles. The lowest BCUT2D eigenvalue weighted by Crippen LogP contribution is -2.39. The van der Waals surface area contributed by atoms with E-state index in [1.807, 2.05) is 13.0 Å². The third kappa shape index (κ3) is 5.32. The number of aromatic nitrogens is 1. The van der Waals surface area contributed by atoms with E-state index in [4.69, 9.17) is 0 Å². The number of nitrogens with one attached hydrogen (secondary N) is 2. The van der Waals surface area contributed by atoms with Crippen LogP contribution >= 0.6 is 11.3 Å². The third-order valence-electron chi connectivity index (χ3n) is 3.57. The van der Waals surface area contributed by atoms with Gasteiger partial charge in [0.15, 0.2) is 5.96 Å². The average Bonchev–Trinajstić information content (AvgIpc) is 2.86. The lowest BCUT2D eigenvalue weighted by atomic mass is 10.1. The highest BCUT2D eigenvalue weighted by atomic mass is 32.1. The molecule has 0 amide bonds. The molecule has 1 aromatic carbocycles. The van der Waals surface area contributed by atoms with Crippen molar-refractivity contribution in [2.75, 3.05) is 20.1 Å². The zero-order valence-corrected chi connectivity index (χ0v) is 14.6. The minimum absolute atomic E-state index is 0.160. The van der Waals surface area contributed by atoms with Gasteiger partial charge in [0, 0.05) is 31.4 Å². The van der Waals surface area contributed by atoms with Gasteiger partial charge in [-0.1, -0.05) is 18.2 Å². The van der Waals surface area contributed by atoms with Crippen molar-refractivity contribution in [3.8, 4) is 0 Å². The number of hydrogen-bond acceptors (Lipinski definition) is 3. The number of guanidine groups is 1. The normalized spacial score (nSPS) is 11.6. The second kappa shape index (κ2) is 8.62. The summed E-state index contributed by atoms with van der Waals surface area (Å²) in [5.41, 5.74) is 1.82. The molecule has 124 valence electrons. The smallest absolute Gasteiger partial charge is 0.191 e. The van der Waals surface area contributed by atoms with Gasteiger partial charge in [0.2, 0.25) is 0 Å². The molecule has 6 heteroatoms. The first kappa shape index (κ1) is 17.4. The second-order valence-electron chi connectivity index (χ2n) is 5.27. The second-order valence-corrected chi connectivity index (χ2v) is 6.55. The Balaban J connectivity index is 1.72. The first-order chi connectivity index (χ1) is 11.1. The lowest BCUT2D eigenvalue weighted by Gasteiger charge is -2.11. The summed E-state index contributed by atoms with van der Waals surface area (Å²) in [4.78, 5) is 9.97. The highest BCUT2D eigenvalue weighted by molar-refractivity contribution is 7.11. The molecule has 0 radical (unpaired) electrons. The van der Waals surface area contributed by atoms with E-state index in [1.54, 1.807) is 30.5 Å². The van der Waals surface area contributed by atoms with Gasteiger partial charge in [0.1, 0.15) is 5.82 Å². The van der Waals surface area contributed by atoms with Crippen LogP contribution in [0.25, 0.3) is 0 Å². The Morgan fingerprint density at radius 1 is 1.17 bits per heavy atom. The Kier molecular flexibility index (Phi) is 6.52. The van der Waals surface area contributed by atoms with Gasteiger partial charge in [-0.05, 0) is 31.9 Å². The molecular weight excluding hydrogens is 311 g/mol. The van der Waals surface area contributed by atoms with Crippen molar-refractivity contribution >= 4 is 17.3 Å². The summed E-state index contributed by atoms with van der Waals surface area (Å²) in [5.74, 6) is 0.568. The first-order valence-electron chi connectivity index (χ1n) is 7.71. The molecule has 1 aromatic heterocycles. The molecule has 2 rings (SSSR count). The molecule has 0 fully saturated rings. The summed E-state index contributed by atoms with van der Waals surface area (Å²) in [7, 11) is 1.73. The van der Waals surface area contributed by atoms with Crippen molar-refractivity contribution in [3.63, 3.8) is 0 Å². The quantitative estimate of drug-likeness (QED) is 0.631. The number of hydrogen-bond donors (Lipinski definition) is 2. The van der Waals surface area contributed by atoms with Crippen LogP contribution in [0.3, 0.4) is 0 Å². The molecule has 0 unspecified atom stereocenters. The van der Waals surface area contributed by atoms with Crippen LogP contribution in [0.2, 0.25) is 0 Å². The highest BCUT2D eigenvalue weighted by Crippen LogP contribution is 2.16. The van der Waals surface area contributed by atoms with Gasteiger partial charge in [0.05, 0.1) is 10.7 Å². The predicted molar refractivity (Wildman–Crippen MR) is 94.8 cm³/mol. The summed E-state index contributed by atoms with van der Waals surface area (Å²) < 4.78 is 13.5. The Hall–Kier alpha value is -1.95. The molecule has 0 aliphatic rings. The van der Waals surface area contributed by atoms with E-state index in [0.29, 0.717) is 18.5 Å². The summed E-state index contributed by atoms with van der Waals surface area (Å²) >= 11 is 1.74. The summed E-state index contributed by atoms with van der Waals surface area (Å²) in [5, 5.41) is 7.60. The number of aryl methyl sites for hydroxylation is 2. The zero-order chi connectivity index (χ0) is 16.7. The third-order valence-corrected chi connectivity index (χ3v) is 4.70. The fraction of sp³-hybridized carbons (Fsp3) is 0.412. The van der Waals surface area contributed by atoms with E-state index in [9.17, 15) is 4.39 Å². The van der Waals surface area contributed by atoms with Crippen LogP contribution < -0.4 is 10.6 Å². The van der Waals surface area contributed by atoms with Crippen LogP contribution in [-0.2, 0) is 12.8 Å². The van der Waals surface area contributed by atoms with Crippen LogP contribution in [0.15, 0.2) is 29.3 Å². The van der Waals surface area contributed by atoms with Crippen LogP contribution in [-0.4, -0.2) is 31.1 Å². The monoisotopic (exact) mass is 334 g/mol. The summed E-state index contributed by atoms with van der Waals surface area (Å²) in [6, 6.07) is 6.85. The molecule has 0 aliphatic carbocycles. The molecule has 0 saturated carbocycles. The largest absolute Gasteiger partial charge is 0.356 e. The summed E-state index contributed by atoms with van der Waals surface area (Å²) in [6.07, 6.45) is 1.49. The van der Waals surface area contributed by atoms with E-state index < -0.39 is 0 Å². The fourth-order valence-electron chi connectivity index (χ4n) is 2.17. The minimum atomic E-state index is -0.160. The van der Waals surface area contributed by atoms with Crippen molar-refractivity contribution in [3.05, 3.63) is 51.2 Å². The maximum absolute atomic E-state index is 13.5. The summed E-state index contributed by atoms with van der Waals surface area (Å²) in [6.45, 7) is 5.53. The van der Waals surface area contributed by atoms with E-state index in [1.165, 1.54) is 10.9 Å². The van der Waals surface area contributed by atoms with Gasteiger partial charge in [-0.15, -0.1) is 11.3 Å². The van der Waals surface area contributed by atoms with Crippen molar-refractivity contribution in [1.82, 2.24) is 15.6 Å². The van der Waals surface area contributed by atoms with Gasteiger partial charge in [-0.2, -0.15) is 0 Å². The molecule has 23 heavy (non-hydrogen) atoms.